The second kappa shape index (κ2) is 3.78. The Morgan fingerprint density at radius 3 is 2.60 bits per heavy atom. The average molecular weight is 204 g/mol. The molecule has 1 aliphatic carbocycles. The van der Waals surface area contributed by atoms with Crippen LogP contribution in [-0.2, 0) is 11.2 Å². The molecule has 1 fully saturated rings. The largest absolute Gasteiger partial charge is 0.392 e. The summed E-state index contributed by atoms with van der Waals surface area (Å²) < 4.78 is 0. The highest BCUT2D eigenvalue weighted by Gasteiger charge is 2.44. The lowest BCUT2D eigenvalue weighted by atomic mass is 9.79. The summed E-state index contributed by atoms with van der Waals surface area (Å²) >= 11 is 0. The number of aliphatic hydroxyl groups is 1. The van der Waals surface area contributed by atoms with Crippen molar-refractivity contribution in [1.82, 2.24) is 0 Å². The molecule has 0 spiro atoms. The summed E-state index contributed by atoms with van der Waals surface area (Å²) in [4.78, 5) is 11.8. The third-order valence-electron chi connectivity index (χ3n) is 3.43. The van der Waals surface area contributed by atoms with Gasteiger partial charge in [-0.3, -0.25) is 4.79 Å². The third kappa shape index (κ3) is 1.82. The zero-order valence-electron chi connectivity index (χ0n) is 8.94. The zero-order valence-corrected chi connectivity index (χ0v) is 8.94. The summed E-state index contributed by atoms with van der Waals surface area (Å²) in [7, 11) is 0. The van der Waals surface area contributed by atoms with Crippen LogP contribution in [0, 0.1) is 5.41 Å². The van der Waals surface area contributed by atoms with Gasteiger partial charge < -0.3 is 5.11 Å². The molecule has 80 valence electrons. The Bertz CT molecular complexity index is 358. The first-order valence-corrected chi connectivity index (χ1v) is 5.38. The summed E-state index contributed by atoms with van der Waals surface area (Å²) in [5, 5.41) is 9.86. The summed E-state index contributed by atoms with van der Waals surface area (Å²) in [5.74, 6) is 0.193. The summed E-state index contributed by atoms with van der Waals surface area (Å²) in [6, 6.07) is 9.89. The normalized spacial score (nSPS) is 30.8. The van der Waals surface area contributed by atoms with E-state index in [2.05, 4.69) is 0 Å². The molecule has 15 heavy (non-hydrogen) atoms. The fourth-order valence-electron chi connectivity index (χ4n) is 2.29. The molecular weight excluding hydrogens is 188 g/mol. The topological polar surface area (TPSA) is 37.3 Å². The number of Topliss-reactive ketones (excluding diaryl/α,β-unsaturated/α-hetero) is 1. The highest BCUT2D eigenvalue weighted by atomic mass is 16.3. The molecule has 1 aromatic rings. The smallest absolute Gasteiger partial charge is 0.141 e. The molecule has 0 saturated heterocycles. The van der Waals surface area contributed by atoms with E-state index in [0.717, 1.165) is 5.56 Å². The van der Waals surface area contributed by atoms with Crippen molar-refractivity contribution in [3.8, 4) is 0 Å². The van der Waals surface area contributed by atoms with Gasteiger partial charge in [-0.25, -0.2) is 0 Å². The standard InChI is InChI=1S/C13H16O2/c1-13(11(14)7-8-12(13)15)9-10-5-3-2-4-6-10/h2-6,11,14H,7-9H2,1H3/t11-,13+/m0/s1. The van der Waals surface area contributed by atoms with Crippen LogP contribution in [0.3, 0.4) is 0 Å². The number of benzene rings is 1. The van der Waals surface area contributed by atoms with Gasteiger partial charge in [0.05, 0.1) is 11.5 Å². The molecule has 2 heteroatoms. The molecule has 0 unspecified atom stereocenters. The Labute approximate surface area is 89.9 Å². The minimum absolute atomic E-state index is 0.193. The number of ketones is 1. The van der Waals surface area contributed by atoms with Gasteiger partial charge in [0, 0.05) is 6.42 Å². The second-order valence-corrected chi connectivity index (χ2v) is 4.56. The van der Waals surface area contributed by atoms with Crippen molar-refractivity contribution < 1.29 is 9.90 Å². The molecule has 0 bridgehead atoms. The molecule has 1 saturated carbocycles. The molecule has 0 aliphatic heterocycles. The van der Waals surface area contributed by atoms with Crippen molar-refractivity contribution >= 4 is 5.78 Å². The van der Waals surface area contributed by atoms with E-state index >= 15 is 0 Å². The Morgan fingerprint density at radius 2 is 2.07 bits per heavy atom. The van der Waals surface area contributed by atoms with E-state index in [1.165, 1.54) is 0 Å². The van der Waals surface area contributed by atoms with Gasteiger partial charge in [0.25, 0.3) is 0 Å². The van der Waals surface area contributed by atoms with E-state index in [9.17, 15) is 9.90 Å². The quantitative estimate of drug-likeness (QED) is 0.799. The predicted molar refractivity (Wildman–Crippen MR) is 58.5 cm³/mol. The zero-order chi connectivity index (χ0) is 10.9. The molecule has 2 atom stereocenters. The van der Waals surface area contributed by atoms with Crippen molar-refractivity contribution in [2.24, 2.45) is 5.41 Å². The SMILES string of the molecule is C[C@]1(Cc2ccccc2)C(=O)CC[C@@H]1O. The summed E-state index contributed by atoms with van der Waals surface area (Å²) in [6.45, 7) is 1.88. The van der Waals surface area contributed by atoms with E-state index < -0.39 is 11.5 Å². The number of hydrogen-bond acceptors (Lipinski definition) is 2. The van der Waals surface area contributed by atoms with Crippen LogP contribution in [0.4, 0.5) is 0 Å². The Morgan fingerprint density at radius 1 is 1.40 bits per heavy atom. The predicted octanol–water partition coefficient (Wildman–Crippen LogP) is 1.96. The third-order valence-corrected chi connectivity index (χ3v) is 3.43. The molecule has 0 aromatic heterocycles. The Kier molecular flexibility index (Phi) is 2.61. The summed E-state index contributed by atoms with van der Waals surface area (Å²) in [6.07, 6.45) is 1.30. The van der Waals surface area contributed by atoms with E-state index in [-0.39, 0.29) is 5.78 Å². The minimum atomic E-state index is -0.568. The maximum atomic E-state index is 11.8. The van der Waals surface area contributed by atoms with Gasteiger partial charge in [0.2, 0.25) is 0 Å². The molecule has 1 aliphatic rings. The van der Waals surface area contributed by atoms with E-state index in [1.807, 2.05) is 37.3 Å². The van der Waals surface area contributed by atoms with Crippen molar-refractivity contribution in [3.63, 3.8) is 0 Å². The van der Waals surface area contributed by atoms with Crippen molar-refractivity contribution in [3.05, 3.63) is 35.9 Å². The van der Waals surface area contributed by atoms with Gasteiger partial charge in [-0.15, -0.1) is 0 Å². The fourth-order valence-corrected chi connectivity index (χ4v) is 2.29. The number of aliphatic hydroxyl groups excluding tert-OH is 1. The van der Waals surface area contributed by atoms with Gasteiger partial charge >= 0.3 is 0 Å². The summed E-state index contributed by atoms with van der Waals surface area (Å²) in [5.41, 5.74) is 0.552. The van der Waals surface area contributed by atoms with Crippen LogP contribution in [0.25, 0.3) is 0 Å². The first kappa shape index (κ1) is 10.4. The highest BCUT2D eigenvalue weighted by molar-refractivity contribution is 5.87. The lowest BCUT2D eigenvalue weighted by molar-refractivity contribution is -0.128. The van der Waals surface area contributed by atoms with Crippen LogP contribution in [0.1, 0.15) is 25.3 Å². The van der Waals surface area contributed by atoms with Gasteiger partial charge in [0.15, 0.2) is 0 Å². The molecule has 2 nitrogen and oxygen atoms in total. The molecular formula is C13H16O2. The van der Waals surface area contributed by atoms with Crippen LogP contribution < -0.4 is 0 Å². The number of carbonyl (C=O) groups is 1. The van der Waals surface area contributed by atoms with Gasteiger partial charge in [-0.1, -0.05) is 30.3 Å². The Hall–Kier alpha value is -1.15. The molecule has 0 heterocycles. The maximum absolute atomic E-state index is 11.8. The molecule has 0 radical (unpaired) electrons. The minimum Gasteiger partial charge on any atom is -0.392 e. The number of hydrogen-bond donors (Lipinski definition) is 1. The van der Waals surface area contributed by atoms with E-state index in [1.54, 1.807) is 0 Å². The molecule has 1 N–H and O–H groups in total. The molecule has 2 rings (SSSR count). The van der Waals surface area contributed by atoms with Crippen LogP contribution in [0.5, 0.6) is 0 Å². The second-order valence-electron chi connectivity index (χ2n) is 4.56. The average Bonchev–Trinajstić information content (AvgIpc) is 2.48. The number of carbonyl (C=O) groups excluding carboxylic acids is 1. The maximum Gasteiger partial charge on any atom is 0.141 e. The van der Waals surface area contributed by atoms with Crippen LogP contribution in [0.15, 0.2) is 30.3 Å². The van der Waals surface area contributed by atoms with Crippen molar-refractivity contribution in [1.29, 1.82) is 0 Å². The van der Waals surface area contributed by atoms with Gasteiger partial charge in [0.1, 0.15) is 5.78 Å². The monoisotopic (exact) mass is 204 g/mol. The molecule has 1 aromatic carbocycles. The van der Waals surface area contributed by atoms with Crippen LogP contribution in [0.2, 0.25) is 0 Å². The highest BCUT2D eigenvalue weighted by Crippen LogP contribution is 2.37. The fraction of sp³-hybridized carbons (Fsp3) is 0.462. The molecule has 0 amide bonds. The van der Waals surface area contributed by atoms with Crippen LogP contribution >= 0.6 is 0 Å². The number of rotatable bonds is 2. The first-order valence-electron chi connectivity index (χ1n) is 5.38. The van der Waals surface area contributed by atoms with Gasteiger partial charge in [-0.05, 0) is 25.3 Å². The van der Waals surface area contributed by atoms with Gasteiger partial charge in [-0.2, -0.15) is 0 Å². The van der Waals surface area contributed by atoms with Crippen molar-refractivity contribution in [2.75, 3.05) is 0 Å². The lowest BCUT2D eigenvalue weighted by Gasteiger charge is -2.26. The lowest BCUT2D eigenvalue weighted by Crippen LogP contribution is -2.35. The Balaban J connectivity index is 2.21. The first-order chi connectivity index (χ1) is 7.13. The van der Waals surface area contributed by atoms with Crippen LogP contribution in [-0.4, -0.2) is 17.0 Å². The van der Waals surface area contributed by atoms with Crippen molar-refractivity contribution in [2.45, 2.75) is 32.3 Å². The van der Waals surface area contributed by atoms with E-state index in [4.69, 9.17) is 0 Å². The van der Waals surface area contributed by atoms with E-state index in [0.29, 0.717) is 19.3 Å².